The molecule has 2 aliphatic heterocycles. The number of hydrogen-bond acceptors (Lipinski definition) is 3. The molecule has 2 nitrogen and oxygen atoms in total. The van der Waals surface area contributed by atoms with Gasteiger partial charge in [0.05, 0.1) is 0 Å². The smallest absolute Gasteiger partial charge is 0.0302 e. The highest BCUT2D eigenvalue weighted by Crippen LogP contribution is 2.37. The Morgan fingerprint density at radius 3 is 2.50 bits per heavy atom. The first-order valence-electron chi connectivity index (χ1n) is 8.07. The van der Waals surface area contributed by atoms with Crippen molar-refractivity contribution in [3.63, 3.8) is 0 Å². The molecular weight excluding hydrogens is 264 g/mol. The van der Waals surface area contributed by atoms with Crippen molar-refractivity contribution in [1.29, 1.82) is 0 Å². The number of piperidine rings is 1. The SMILES string of the molecule is Cc1cc(C(C)NCC2CC3CCC(C2)N3C)c(C)s1. The van der Waals surface area contributed by atoms with Gasteiger partial charge >= 0.3 is 0 Å². The van der Waals surface area contributed by atoms with Crippen LogP contribution in [0.15, 0.2) is 6.07 Å². The summed E-state index contributed by atoms with van der Waals surface area (Å²) in [5.41, 5.74) is 1.50. The molecule has 3 heterocycles. The molecule has 2 fully saturated rings. The van der Waals surface area contributed by atoms with Crippen molar-refractivity contribution in [2.45, 2.75) is 64.6 Å². The van der Waals surface area contributed by atoms with Crippen LogP contribution < -0.4 is 5.32 Å². The zero-order chi connectivity index (χ0) is 14.3. The second-order valence-electron chi connectivity index (χ2n) is 6.89. The number of hydrogen-bond donors (Lipinski definition) is 1. The molecule has 0 saturated carbocycles. The van der Waals surface area contributed by atoms with Crippen LogP contribution in [0.2, 0.25) is 0 Å². The zero-order valence-electron chi connectivity index (χ0n) is 13.3. The van der Waals surface area contributed by atoms with Gasteiger partial charge in [-0.1, -0.05) is 0 Å². The van der Waals surface area contributed by atoms with Gasteiger partial charge in [-0.25, -0.2) is 0 Å². The highest BCUT2D eigenvalue weighted by Gasteiger charge is 2.38. The second-order valence-corrected chi connectivity index (χ2v) is 8.35. The van der Waals surface area contributed by atoms with Crippen molar-refractivity contribution in [1.82, 2.24) is 10.2 Å². The van der Waals surface area contributed by atoms with Gasteiger partial charge in [-0.2, -0.15) is 0 Å². The Kier molecular flexibility index (Phi) is 4.21. The molecule has 2 bridgehead atoms. The summed E-state index contributed by atoms with van der Waals surface area (Å²) in [6.45, 7) is 7.97. The Morgan fingerprint density at radius 1 is 1.30 bits per heavy atom. The van der Waals surface area contributed by atoms with E-state index < -0.39 is 0 Å². The molecule has 3 heteroatoms. The van der Waals surface area contributed by atoms with E-state index in [1.807, 2.05) is 11.3 Å². The van der Waals surface area contributed by atoms with Crippen LogP contribution >= 0.6 is 11.3 Å². The van der Waals surface area contributed by atoms with Crippen molar-refractivity contribution in [3.05, 3.63) is 21.4 Å². The van der Waals surface area contributed by atoms with Crippen LogP contribution in [0, 0.1) is 19.8 Å². The minimum absolute atomic E-state index is 0.497. The molecule has 0 amide bonds. The fraction of sp³-hybridized carbons (Fsp3) is 0.765. The first-order valence-corrected chi connectivity index (χ1v) is 8.88. The summed E-state index contributed by atoms with van der Waals surface area (Å²) in [5, 5.41) is 3.79. The summed E-state index contributed by atoms with van der Waals surface area (Å²) in [7, 11) is 2.33. The molecule has 2 saturated heterocycles. The quantitative estimate of drug-likeness (QED) is 0.906. The van der Waals surface area contributed by atoms with Crippen LogP contribution in [-0.2, 0) is 0 Å². The molecule has 1 N–H and O–H groups in total. The minimum atomic E-state index is 0.497. The average molecular weight is 292 g/mol. The maximum atomic E-state index is 3.79. The number of rotatable bonds is 4. The van der Waals surface area contributed by atoms with E-state index in [-0.39, 0.29) is 0 Å². The lowest BCUT2D eigenvalue weighted by molar-refractivity contribution is 0.131. The molecule has 0 spiro atoms. The van der Waals surface area contributed by atoms with Gasteiger partial charge in [-0.05, 0) is 77.6 Å². The second kappa shape index (κ2) is 5.78. The lowest BCUT2D eigenvalue weighted by atomic mass is 9.90. The Bertz CT molecular complexity index is 454. The van der Waals surface area contributed by atoms with Crippen molar-refractivity contribution < 1.29 is 0 Å². The summed E-state index contributed by atoms with van der Waals surface area (Å²) in [6.07, 6.45) is 5.65. The molecule has 20 heavy (non-hydrogen) atoms. The number of nitrogens with zero attached hydrogens (tertiary/aromatic N) is 1. The summed E-state index contributed by atoms with van der Waals surface area (Å²) in [5.74, 6) is 0.881. The number of fused-ring (bicyclic) bond motifs is 2. The molecule has 3 unspecified atom stereocenters. The molecule has 3 rings (SSSR count). The largest absolute Gasteiger partial charge is 0.310 e. The van der Waals surface area contributed by atoms with Gasteiger partial charge in [0.1, 0.15) is 0 Å². The highest BCUT2D eigenvalue weighted by molar-refractivity contribution is 7.12. The monoisotopic (exact) mass is 292 g/mol. The number of nitrogens with one attached hydrogen (secondary N) is 1. The van der Waals surface area contributed by atoms with E-state index >= 15 is 0 Å². The Morgan fingerprint density at radius 2 is 1.95 bits per heavy atom. The molecule has 112 valence electrons. The normalized spacial score (nSPS) is 31.7. The molecular formula is C17H28N2S. The predicted molar refractivity (Wildman–Crippen MR) is 87.5 cm³/mol. The Balaban J connectivity index is 1.54. The fourth-order valence-electron chi connectivity index (χ4n) is 4.22. The van der Waals surface area contributed by atoms with E-state index in [4.69, 9.17) is 0 Å². The number of thiophene rings is 1. The van der Waals surface area contributed by atoms with E-state index in [1.165, 1.54) is 47.5 Å². The molecule has 2 aliphatic rings. The lowest BCUT2D eigenvalue weighted by Crippen LogP contribution is -2.42. The summed E-state index contributed by atoms with van der Waals surface area (Å²) >= 11 is 1.92. The molecule has 0 aromatic carbocycles. The van der Waals surface area contributed by atoms with Crippen LogP contribution in [-0.4, -0.2) is 30.6 Å². The lowest BCUT2D eigenvalue weighted by Gasteiger charge is -2.36. The summed E-state index contributed by atoms with van der Waals surface area (Å²) in [4.78, 5) is 5.54. The van der Waals surface area contributed by atoms with Crippen molar-refractivity contribution >= 4 is 11.3 Å². The van der Waals surface area contributed by atoms with E-state index in [0.717, 1.165) is 18.0 Å². The van der Waals surface area contributed by atoms with Gasteiger partial charge < -0.3 is 10.2 Å². The van der Waals surface area contributed by atoms with E-state index in [0.29, 0.717) is 6.04 Å². The van der Waals surface area contributed by atoms with Crippen LogP contribution in [0.3, 0.4) is 0 Å². The van der Waals surface area contributed by atoms with Gasteiger partial charge in [0.25, 0.3) is 0 Å². The Labute approximate surface area is 127 Å². The molecule has 0 radical (unpaired) electrons. The zero-order valence-corrected chi connectivity index (χ0v) is 14.1. The number of aryl methyl sites for hydroxylation is 2. The van der Waals surface area contributed by atoms with Gasteiger partial charge in [0.15, 0.2) is 0 Å². The van der Waals surface area contributed by atoms with Crippen molar-refractivity contribution in [3.8, 4) is 0 Å². The van der Waals surface area contributed by atoms with Crippen molar-refractivity contribution in [2.24, 2.45) is 5.92 Å². The third-order valence-electron chi connectivity index (χ3n) is 5.45. The maximum Gasteiger partial charge on any atom is 0.0302 e. The van der Waals surface area contributed by atoms with Gasteiger partial charge in [-0.3, -0.25) is 0 Å². The molecule has 1 aromatic rings. The van der Waals surface area contributed by atoms with Gasteiger partial charge in [-0.15, -0.1) is 11.3 Å². The van der Waals surface area contributed by atoms with Crippen LogP contribution in [0.4, 0.5) is 0 Å². The van der Waals surface area contributed by atoms with E-state index in [9.17, 15) is 0 Å². The fourth-order valence-corrected chi connectivity index (χ4v) is 5.25. The molecule has 0 aliphatic carbocycles. The van der Waals surface area contributed by atoms with Crippen molar-refractivity contribution in [2.75, 3.05) is 13.6 Å². The van der Waals surface area contributed by atoms with Crippen LogP contribution in [0.5, 0.6) is 0 Å². The standard InChI is InChI=1S/C17H28N2S/c1-11-7-17(13(3)20-11)12(2)18-10-14-8-15-5-6-16(9-14)19(15)4/h7,12,14-16,18H,5-6,8-10H2,1-4H3. The topological polar surface area (TPSA) is 15.3 Å². The minimum Gasteiger partial charge on any atom is -0.310 e. The summed E-state index contributed by atoms with van der Waals surface area (Å²) in [6, 6.07) is 4.58. The summed E-state index contributed by atoms with van der Waals surface area (Å²) < 4.78 is 0. The van der Waals surface area contributed by atoms with E-state index in [1.54, 1.807) is 0 Å². The van der Waals surface area contributed by atoms with E-state index in [2.05, 4.69) is 44.1 Å². The predicted octanol–water partition coefficient (Wildman–Crippen LogP) is 3.89. The molecule has 1 aromatic heterocycles. The third kappa shape index (κ3) is 2.81. The first kappa shape index (κ1) is 14.6. The van der Waals surface area contributed by atoms with Crippen LogP contribution in [0.1, 0.15) is 54.0 Å². The Hall–Kier alpha value is -0.380. The van der Waals surface area contributed by atoms with Crippen LogP contribution in [0.25, 0.3) is 0 Å². The van der Waals surface area contributed by atoms with Gasteiger partial charge in [0, 0.05) is 27.9 Å². The molecule has 3 atom stereocenters. The average Bonchev–Trinajstić information content (AvgIpc) is 2.83. The first-order chi connectivity index (χ1) is 9.54. The highest BCUT2D eigenvalue weighted by atomic mass is 32.1. The third-order valence-corrected chi connectivity index (χ3v) is 6.44. The maximum absolute atomic E-state index is 3.79. The van der Waals surface area contributed by atoms with Gasteiger partial charge in [0.2, 0.25) is 0 Å².